The zero-order chi connectivity index (χ0) is 19.3. The lowest BCUT2D eigenvalue weighted by molar-refractivity contribution is -0.116. The molecule has 0 aliphatic carbocycles. The number of carbonyl (C=O) groups is 2. The van der Waals surface area contributed by atoms with Crippen LogP contribution in [0.3, 0.4) is 0 Å². The topological polar surface area (TPSA) is 72.0 Å². The Balaban J connectivity index is 2.01. The molecule has 2 aromatic rings. The number of aryl methyl sites for hydroxylation is 2. The number of thioether (sulfide) groups is 1. The normalized spacial score (nSPS) is 10.8. The summed E-state index contributed by atoms with van der Waals surface area (Å²) in [5.74, 6) is -2.86. The number of Topliss-reactive ketones (excluding diaryl/α,β-unsaturated/α-hetero) is 1. The highest BCUT2D eigenvalue weighted by molar-refractivity contribution is 7.99. The maximum Gasteiger partial charge on any atom is 0.291 e. The van der Waals surface area contributed by atoms with Gasteiger partial charge in [-0.05, 0) is 56.7 Å². The first-order valence-electron chi connectivity index (χ1n) is 7.96. The van der Waals surface area contributed by atoms with Crippen molar-refractivity contribution < 1.29 is 18.4 Å². The highest BCUT2D eigenvalue weighted by Crippen LogP contribution is 2.24. The molecule has 0 aliphatic rings. The van der Waals surface area contributed by atoms with E-state index in [1.54, 1.807) is 38.1 Å². The zero-order valence-corrected chi connectivity index (χ0v) is 15.5. The van der Waals surface area contributed by atoms with Crippen LogP contribution in [-0.2, 0) is 11.2 Å². The van der Waals surface area contributed by atoms with Crippen molar-refractivity contribution in [3.05, 3.63) is 46.8 Å². The predicted octanol–water partition coefficient (Wildman–Crippen LogP) is 4.18. The van der Waals surface area contributed by atoms with Gasteiger partial charge in [-0.2, -0.15) is 8.78 Å². The molecule has 0 aliphatic heterocycles. The summed E-state index contributed by atoms with van der Waals surface area (Å²) in [6, 6.07) is 6.71. The second-order valence-corrected chi connectivity index (χ2v) is 6.68. The smallest absolute Gasteiger partial charge is 0.291 e. The Morgan fingerprint density at radius 1 is 1.19 bits per heavy atom. The molecule has 1 aromatic heterocycles. The van der Waals surface area contributed by atoms with Crippen LogP contribution in [0.2, 0.25) is 0 Å². The summed E-state index contributed by atoms with van der Waals surface area (Å²) >= 11 is 0.303. The van der Waals surface area contributed by atoms with Crippen LogP contribution in [0.15, 0.2) is 29.4 Å². The van der Waals surface area contributed by atoms with Crippen molar-refractivity contribution in [2.24, 2.45) is 0 Å². The summed E-state index contributed by atoms with van der Waals surface area (Å²) in [5, 5.41) is 2.78. The Labute approximate surface area is 154 Å². The van der Waals surface area contributed by atoms with Gasteiger partial charge < -0.3 is 5.32 Å². The molecule has 1 amide bonds. The molecule has 0 unspecified atom stereocenters. The Morgan fingerprint density at radius 3 is 2.42 bits per heavy atom. The number of hydrogen-bond donors (Lipinski definition) is 1. The largest absolute Gasteiger partial charge is 0.326 e. The minimum Gasteiger partial charge on any atom is -0.326 e. The molecule has 0 saturated carbocycles. The first-order chi connectivity index (χ1) is 12.3. The summed E-state index contributed by atoms with van der Waals surface area (Å²) in [7, 11) is 0. The van der Waals surface area contributed by atoms with Gasteiger partial charge in [-0.1, -0.05) is 12.1 Å². The Bertz CT molecular complexity index is 805. The summed E-state index contributed by atoms with van der Waals surface area (Å²) in [6.07, 6.45) is 0.589. The Kier molecular flexibility index (Phi) is 6.79. The number of anilines is 1. The standard InChI is InChI=1S/C18H19F2N3O2S/c1-10-15(11(2)22-18(21-10)26-17(19)20)7-8-16(25)23-14-6-4-5-13(9-14)12(3)24/h4-6,9,17H,7-8H2,1-3H3,(H,23,25). The van der Waals surface area contributed by atoms with Crippen molar-refractivity contribution in [2.75, 3.05) is 5.32 Å². The molecule has 8 heteroatoms. The number of nitrogens with zero attached hydrogens (tertiary/aromatic N) is 2. The van der Waals surface area contributed by atoms with E-state index < -0.39 is 5.76 Å². The third-order valence-corrected chi connectivity index (χ3v) is 4.32. The van der Waals surface area contributed by atoms with Crippen molar-refractivity contribution >= 4 is 29.1 Å². The number of nitrogens with one attached hydrogen (secondary N) is 1. The SMILES string of the molecule is CC(=O)c1cccc(NC(=O)CCc2c(C)nc(SC(F)F)nc2C)c1. The summed E-state index contributed by atoms with van der Waals surface area (Å²) in [5.41, 5.74) is 3.03. The number of amides is 1. The average Bonchev–Trinajstić information content (AvgIpc) is 2.53. The molecule has 0 fully saturated rings. The van der Waals surface area contributed by atoms with E-state index in [-0.39, 0.29) is 23.3 Å². The van der Waals surface area contributed by atoms with E-state index in [0.29, 0.717) is 40.8 Å². The van der Waals surface area contributed by atoms with Crippen LogP contribution in [0.4, 0.5) is 14.5 Å². The van der Waals surface area contributed by atoms with Crippen LogP contribution >= 0.6 is 11.8 Å². The molecule has 0 radical (unpaired) electrons. The van der Waals surface area contributed by atoms with Crippen molar-refractivity contribution in [1.29, 1.82) is 0 Å². The zero-order valence-electron chi connectivity index (χ0n) is 14.7. The molecule has 5 nitrogen and oxygen atoms in total. The molecule has 0 bridgehead atoms. The number of carbonyl (C=O) groups excluding carboxylic acids is 2. The highest BCUT2D eigenvalue weighted by atomic mass is 32.2. The monoisotopic (exact) mass is 379 g/mol. The van der Waals surface area contributed by atoms with Gasteiger partial charge in [0.15, 0.2) is 10.9 Å². The molecule has 1 N–H and O–H groups in total. The van der Waals surface area contributed by atoms with Gasteiger partial charge in [0.05, 0.1) is 0 Å². The average molecular weight is 379 g/mol. The van der Waals surface area contributed by atoms with E-state index in [4.69, 9.17) is 0 Å². The highest BCUT2D eigenvalue weighted by Gasteiger charge is 2.14. The quantitative estimate of drug-likeness (QED) is 0.444. The van der Waals surface area contributed by atoms with E-state index in [0.717, 1.165) is 5.56 Å². The van der Waals surface area contributed by atoms with Crippen LogP contribution in [0.25, 0.3) is 0 Å². The molecule has 0 atom stereocenters. The first kappa shape index (κ1) is 20.0. The summed E-state index contributed by atoms with van der Waals surface area (Å²) < 4.78 is 24.9. The second-order valence-electron chi connectivity index (χ2n) is 5.72. The lowest BCUT2D eigenvalue weighted by Gasteiger charge is -2.11. The van der Waals surface area contributed by atoms with Gasteiger partial charge in [-0.15, -0.1) is 0 Å². The van der Waals surface area contributed by atoms with Crippen LogP contribution in [0.1, 0.15) is 40.7 Å². The molecule has 138 valence electrons. The molecule has 1 heterocycles. The summed E-state index contributed by atoms with van der Waals surface area (Å²) in [6.45, 7) is 4.89. The van der Waals surface area contributed by atoms with Gasteiger partial charge in [0.25, 0.3) is 5.76 Å². The predicted molar refractivity (Wildman–Crippen MR) is 96.8 cm³/mol. The van der Waals surface area contributed by atoms with Crippen LogP contribution in [0, 0.1) is 13.8 Å². The third kappa shape index (κ3) is 5.59. The summed E-state index contributed by atoms with van der Waals surface area (Å²) in [4.78, 5) is 31.7. The number of halogens is 2. The van der Waals surface area contributed by atoms with E-state index in [1.165, 1.54) is 6.92 Å². The van der Waals surface area contributed by atoms with Crippen molar-refractivity contribution in [3.8, 4) is 0 Å². The molecule has 0 spiro atoms. The van der Waals surface area contributed by atoms with E-state index in [2.05, 4.69) is 15.3 Å². The van der Waals surface area contributed by atoms with E-state index >= 15 is 0 Å². The number of benzene rings is 1. The first-order valence-corrected chi connectivity index (χ1v) is 8.84. The minimum absolute atomic E-state index is 0.0317. The molecule has 26 heavy (non-hydrogen) atoms. The molecule has 1 aromatic carbocycles. The maximum absolute atomic E-state index is 12.4. The second kappa shape index (κ2) is 8.84. The van der Waals surface area contributed by atoms with Crippen LogP contribution in [-0.4, -0.2) is 27.4 Å². The fraction of sp³-hybridized carbons (Fsp3) is 0.333. The van der Waals surface area contributed by atoms with Crippen molar-refractivity contribution in [2.45, 2.75) is 44.5 Å². The molecule has 0 saturated heterocycles. The number of alkyl halides is 2. The van der Waals surface area contributed by atoms with Gasteiger partial charge in [0, 0.05) is 29.1 Å². The number of aromatic nitrogens is 2. The molecular formula is C18H19F2N3O2S. The molecule has 2 rings (SSSR count). The Hall–Kier alpha value is -2.35. The fourth-order valence-electron chi connectivity index (χ4n) is 2.48. The van der Waals surface area contributed by atoms with E-state index in [1.807, 2.05) is 0 Å². The van der Waals surface area contributed by atoms with Gasteiger partial charge in [-0.25, -0.2) is 9.97 Å². The molecular weight excluding hydrogens is 360 g/mol. The third-order valence-electron chi connectivity index (χ3n) is 3.75. The number of ketones is 1. The lowest BCUT2D eigenvalue weighted by atomic mass is 10.1. The van der Waals surface area contributed by atoms with Gasteiger partial charge in [0.2, 0.25) is 5.91 Å². The van der Waals surface area contributed by atoms with Crippen molar-refractivity contribution in [3.63, 3.8) is 0 Å². The van der Waals surface area contributed by atoms with Gasteiger partial charge >= 0.3 is 0 Å². The van der Waals surface area contributed by atoms with Crippen LogP contribution in [0.5, 0.6) is 0 Å². The Morgan fingerprint density at radius 2 is 1.85 bits per heavy atom. The van der Waals surface area contributed by atoms with E-state index in [9.17, 15) is 18.4 Å². The van der Waals surface area contributed by atoms with Gasteiger partial charge in [-0.3, -0.25) is 9.59 Å². The fourth-order valence-corrected chi connectivity index (χ4v) is 3.02. The van der Waals surface area contributed by atoms with Crippen LogP contribution < -0.4 is 5.32 Å². The maximum atomic E-state index is 12.4. The number of hydrogen-bond acceptors (Lipinski definition) is 5. The number of rotatable bonds is 7. The van der Waals surface area contributed by atoms with Crippen molar-refractivity contribution in [1.82, 2.24) is 9.97 Å². The minimum atomic E-state index is -2.57. The van der Waals surface area contributed by atoms with Gasteiger partial charge in [0.1, 0.15) is 0 Å². The lowest BCUT2D eigenvalue weighted by Crippen LogP contribution is -2.14.